The molecule has 2 aromatic rings. The fourth-order valence-electron chi connectivity index (χ4n) is 4.48. The highest BCUT2D eigenvalue weighted by Gasteiger charge is 2.49. The van der Waals surface area contributed by atoms with E-state index in [1.807, 2.05) is 7.11 Å². The third-order valence-electron chi connectivity index (χ3n) is 6.56. The molecule has 1 unspecified atom stereocenters. The Bertz CT molecular complexity index is 1220. The number of nitrogens with zero attached hydrogens (tertiary/aromatic N) is 3. The lowest BCUT2D eigenvalue weighted by Crippen LogP contribution is -2.71. The van der Waals surface area contributed by atoms with Crippen molar-refractivity contribution in [1.29, 1.82) is 0 Å². The average Bonchev–Trinajstić information content (AvgIpc) is 2.89. The van der Waals surface area contributed by atoms with Gasteiger partial charge in [0.15, 0.2) is 0 Å². The number of fused-ring (bicyclic) bond motifs is 1. The molecule has 0 saturated carbocycles. The maximum atomic E-state index is 10.6. The number of pyridine rings is 1. The van der Waals surface area contributed by atoms with Crippen LogP contribution in [0.15, 0.2) is 36.4 Å². The van der Waals surface area contributed by atoms with Gasteiger partial charge in [-0.1, -0.05) is 24.3 Å². The van der Waals surface area contributed by atoms with Crippen LogP contribution in [0.3, 0.4) is 0 Å². The third kappa shape index (κ3) is 13.0. The van der Waals surface area contributed by atoms with E-state index in [0.29, 0.717) is 11.5 Å². The van der Waals surface area contributed by atoms with Crippen molar-refractivity contribution >= 4 is 28.8 Å². The number of piperidine rings is 1. The minimum absolute atomic E-state index is 0.359. The lowest BCUT2D eigenvalue weighted by atomic mass is 9.75. The van der Waals surface area contributed by atoms with Crippen molar-refractivity contribution in [2.45, 2.75) is 43.5 Å². The summed E-state index contributed by atoms with van der Waals surface area (Å²) in [6.45, 7) is 5.35. The summed E-state index contributed by atoms with van der Waals surface area (Å²) in [6.07, 6.45) is -12.7. The van der Waals surface area contributed by atoms with Crippen molar-refractivity contribution in [1.82, 2.24) is 14.8 Å². The Morgan fingerprint density at radius 3 is 1.78 bits per heavy atom. The number of alkyl halides is 9. The topological polar surface area (TPSA) is 140 Å². The molecule has 45 heavy (non-hydrogen) atoms. The second kappa shape index (κ2) is 16.0. The number of hydrogen-bond acceptors (Lipinski definition) is 7. The van der Waals surface area contributed by atoms with E-state index in [0.717, 1.165) is 31.8 Å². The third-order valence-corrected chi connectivity index (χ3v) is 6.56. The molecule has 19 heteroatoms. The number of likely N-dealkylation sites (tertiary alicyclic amines) is 2. The van der Waals surface area contributed by atoms with Crippen LogP contribution in [-0.2, 0) is 25.7 Å². The van der Waals surface area contributed by atoms with Crippen molar-refractivity contribution in [3.05, 3.63) is 42.1 Å². The molecule has 0 radical (unpaired) electrons. The van der Waals surface area contributed by atoms with Crippen molar-refractivity contribution in [3.63, 3.8) is 0 Å². The van der Waals surface area contributed by atoms with Crippen molar-refractivity contribution in [2.24, 2.45) is 5.92 Å². The summed E-state index contributed by atoms with van der Waals surface area (Å²) in [7, 11) is 4.11. The van der Waals surface area contributed by atoms with E-state index < -0.39 is 36.4 Å². The minimum atomic E-state index is -5.08. The van der Waals surface area contributed by atoms with Crippen LogP contribution in [0.25, 0.3) is 10.9 Å². The summed E-state index contributed by atoms with van der Waals surface area (Å²) in [5.41, 5.74) is 2.63. The van der Waals surface area contributed by atoms with Crippen molar-refractivity contribution in [3.8, 4) is 0 Å². The number of carbonyl (C=O) groups is 3. The summed E-state index contributed by atoms with van der Waals surface area (Å²) in [4.78, 5) is 36.6. The van der Waals surface area contributed by atoms with Crippen LogP contribution in [-0.4, -0.2) is 112 Å². The zero-order chi connectivity index (χ0) is 34.8. The van der Waals surface area contributed by atoms with E-state index in [2.05, 4.69) is 53.2 Å². The first-order valence-electron chi connectivity index (χ1n) is 12.7. The van der Waals surface area contributed by atoms with Crippen LogP contribution in [0.2, 0.25) is 0 Å². The number of hydrogen-bond donors (Lipinski definition) is 3. The molecule has 3 heterocycles. The summed E-state index contributed by atoms with van der Waals surface area (Å²) in [5.74, 6) is -7.56. The number of rotatable bonds is 4. The van der Waals surface area contributed by atoms with Crippen LogP contribution in [0.1, 0.15) is 18.5 Å². The largest absolute Gasteiger partial charge is 0.490 e. The van der Waals surface area contributed by atoms with Crippen LogP contribution < -0.4 is 0 Å². The van der Waals surface area contributed by atoms with E-state index >= 15 is 0 Å². The molecule has 1 aromatic heterocycles. The second-order valence-electron chi connectivity index (χ2n) is 10.0. The highest BCUT2D eigenvalue weighted by atomic mass is 19.4. The SMILES string of the molecule is COCC1CCN(C)C2(C1)CN(Cc1ccc3ccccc3n1)C2.O=C(O)C(F)(F)F.O=C(O)C(F)(F)F.O=C(O)C(F)(F)F. The molecule has 10 nitrogen and oxygen atoms in total. The maximum Gasteiger partial charge on any atom is 0.490 e. The number of methoxy groups -OCH3 is 1. The highest BCUT2D eigenvalue weighted by molar-refractivity contribution is 5.78. The smallest absolute Gasteiger partial charge is 0.475 e. The van der Waals surface area contributed by atoms with Gasteiger partial charge in [-0.15, -0.1) is 0 Å². The van der Waals surface area contributed by atoms with E-state index in [4.69, 9.17) is 39.4 Å². The standard InChI is InChI=1S/C20H27N3O.3C2HF3O2/c1-22-10-9-16(13-24-2)11-20(22)14-23(15-20)12-18-8-7-17-5-3-4-6-19(17)21-18;3*3-2(4,5)1(6)7/h3-8,16H,9-15H2,1-2H3;3*(H,6,7). The van der Waals surface area contributed by atoms with E-state index in [1.165, 1.54) is 30.5 Å². The van der Waals surface area contributed by atoms with Gasteiger partial charge in [0, 0.05) is 44.3 Å². The zero-order valence-electron chi connectivity index (χ0n) is 23.7. The quantitative estimate of drug-likeness (QED) is 0.394. The number of aromatic nitrogens is 1. The Morgan fingerprint density at radius 2 is 1.33 bits per heavy atom. The zero-order valence-corrected chi connectivity index (χ0v) is 23.7. The Balaban J connectivity index is 0.000000396. The number of likely N-dealkylation sites (N-methyl/N-ethyl adjacent to an activating group) is 1. The fourth-order valence-corrected chi connectivity index (χ4v) is 4.48. The number of carboxylic acid groups (broad SMARTS) is 3. The maximum absolute atomic E-state index is 10.6. The highest BCUT2D eigenvalue weighted by Crippen LogP contribution is 2.38. The van der Waals surface area contributed by atoms with Crippen molar-refractivity contribution < 1.29 is 74.0 Å². The molecule has 2 fully saturated rings. The molecule has 2 saturated heterocycles. The molecule has 2 aliphatic rings. The first kappa shape index (κ1) is 39.3. The van der Waals surface area contributed by atoms with Gasteiger partial charge in [0.25, 0.3) is 0 Å². The van der Waals surface area contributed by atoms with Gasteiger partial charge in [0.1, 0.15) is 0 Å². The number of aliphatic carboxylic acids is 3. The van der Waals surface area contributed by atoms with Gasteiger partial charge in [-0.2, -0.15) is 39.5 Å². The molecular formula is C26H30F9N3O7. The Morgan fingerprint density at radius 1 is 0.867 bits per heavy atom. The van der Waals surface area contributed by atoms with Gasteiger partial charge in [0.05, 0.1) is 11.2 Å². The van der Waals surface area contributed by atoms with Gasteiger partial charge in [-0.25, -0.2) is 14.4 Å². The van der Waals surface area contributed by atoms with Crippen LogP contribution in [0, 0.1) is 5.92 Å². The summed E-state index contributed by atoms with van der Waals surface area (Å²) in [5, 5.41) is 22.6. The number of halogens is 9. The van der Waals surface area contributed by atoms with E-state index in [1.54, 1.807) is 0 Å². The van der Waals surface area contributed by atoms with Gasteiger partial charge < -0.3 is 20.1 Å². The molecule has 1 aromatic carbocycles. The number of carboxylic acids is 3. The lowest BCUT2D eigenvalue weighted by Gasteiger charge is -2.58. The van der Waals surface area contributed by atoms with Gasteiger partial charge in [-0.05, 0) is 44.5 Å². The Hall–Kier alpha value is -3.71. The van der Waals surface area contributed by atoms with Crippen LogP contribution in [0.4, 0.5) is 39.5 Å². The normalized spacial score (nSPS) is 18.2. The van der Waals surface area contributed by atoms with Gasteiger partial charge in [-0.3, -0.25) is 14.8 Å². The van der Waals surface area contributed by atoms with Gasteiger partial charge >= 0.3 is 36.4 Å². The Labute approximate surface area is 250 Å². The molecule has 1 spiro atoms. The first-order valence-corrected chi connectivity index (χ1v) is 12.7. The lowest BCUT2D eigenvalue weighted by molar-refractivity contribution is -0.193. The minimum Gasteiger partial charge on any atom is -0.475 e. The van der Waals surface area contributed by atoms with E-state index in [9.17, 15) is 39.5 Å². The first-order chi connectivity index (χ1) is 20.5. The van der Waals surface area contributed by atoms with Crippen molar-refractivity contribution in [2.75, 3.05) is 40.4 Å². The van der Waals surface area contributed by atoms with Crippen LogP contribution in [0.5, 0.6) is 0 Å². The molecule has 0 aliphatic carbocycles. The molecule has 0 amide bonds. The number of ether oxygens (including phenoxy) is 1. The molecule has 254 valence electrons. The predicted molar refractivity (Wildman–Crippen MR) is 138 cm³/mol. The number of benzene rings is 1. The molecule has 3 N–H and O–H groups in total. The number of para-hydroxylation sites is 1. The van der Waals surface area contributed by atoms with E-state index in [-0.39, 0.29) is 0 Å². The molecule has 0 bridgehead atoms. The molecule has 1 atom stereocenters. The Kier molecular flexibility index (Phi) is 14.0. The summed E-state index contributed by atoms with van der Waals surface area (Å²) >= 11 is 0. The molecular weight excluding hydrogens is 637 g/mol. The fraction of sp³-hybridized carbons (Fsp3) is 0.538. The predicted octanol–water partition coefficient (Wildman–Crippen LogP) is 4.68. The monoisotopic (exact) mass is 667 g/mol. The molecule has 2 aliphatic heterocycles. The van der Waals surface area contributed by atoms with Gasteiger partial charge in [0.2, 0.25) is 0 Å². The summed E-state index contributed by atoms with van der Waals surface area (Å²) < 4.78 is 101. The van der Waals surface area contributed by atoms with Crippen LogP contribution >= 0.6 is 0 Å². The average molecular weight is 668 g/mol. The molecule has 4 rings (SSSR count). The second-order valence-corrected chi connectivity index (χ2v) is 10.0. The summed E-state index contributed by atoms with van der Waals surface area (Å²) in [6, 6.07) is 12.7.